The van der Waals surface area contributed by atoms with Crippen molar-refractivity contribution < 1.29 is 9.53 Å². The molecule has 0 bridgehead atoms. The summed E-state index contributed by atoms with van der Waals surface area (Å²) >= 11 is 3.34. The molecule has 0 saturated heterocycles. The predicted octanol–water partition coefficient (Wildman–Crippen LogP) is 4.97. The van der Waals surface area contributed by atoms with Gasteiger partial charge in [-0.15, -0.1) is 0 Å². The van der Waals surface area contributed by atoms with Crippen molar-refractivity contribution in [3.63, 3.8) is 0 Å². The van der Waals surface area contributed by atoms with Crippen LogP contribution in [0, 0.1) is 0 Å². The molecule has 0 aromatic heterocycles. The quantitative estimate of drug-likeness (QED) is 0.500. The Morgan fingerprint density at radius 2 is 1.67 bits per heavy atom. The van der Waals surface area contributed by atoms with Gasteiger partial charge in [0.05, 0.1) is 12.2 Å². The summed E-state index contributed by atoms with van der Waals surface area (Å²) in [5.41, 5.74) is 0.615. The van der Waals surface area contributed by atoms with E-state index in [1.165, 1.54) is 25.7 Å². The Morgan fingerprint density at radius 1 is 1.06 bits per heavy atom. The first-order valence-corrected chi connectivity index (χ1v) is 7.46. The minimum Gasteiger partial charge on any atom is -0.462 e. The lowest BCUT2D eigenvalue weighted by atomic mass is 10.1. The Bertz CT molecular complexity index is 346. The van der Waals surface area contributed by atoms with Gasteiger partial charge in [0.15, 0.2) is 0 Å². The molecule has 0 unspecified atom stereocenters. The van der Waals surface area contributed by atoms with Crippen LogP contribution in [0.25, 0.3) is 0 Å². The first-order valence-electron chi connectivity index (χ1n) is 6.66. The van der Waals surface area contributed by atoms with E-state index in [1.54, 1.807) is 12.1 Å². The molecule has 18 heavy (non-hydrogen) atoms. The average molecular weight is 313 g/mol. The zero-order valence-corrected chi connectivity index (χ0v) is 12.5. The Hall–Kier alpha value is -0.830. The summed E-state index contributed by atoms with van der Waals surface area (Å²) in [6.07, 6.45) is 7.21. The first-order chi connectivity index (χ1) is 8.74. The Kier molecular flexibility index (Phi) is 7.74. The van der Waals surface area contributed by atoms with Crippen LogP contribution >= 0.6 is 15.9 Å². The highest BCUT2D eigenvalue weighted by molar-refractivity contribution is 9.10. The zero-order valence-electron chi connectivity index (χ0n) is 11.0. The molecule has 0 fully saturated rings. The number of ether oxygens (including phenoxy) is 1. The third-order valence-electron chi connectivity index (χ3n) is 2.81. The van der Waals surface area contributed by atoms with Crippen LogP contribution in [-0.2, 0) is 4.74 Å². The van der Waals surface area contributed by atoms with Crippen molar-refractivity contribution in [2.45, 2.75) is 45.4 Å². The molecule has 0 aliphatic heterocycles. The predicted molar refractivity (Wildman–Crippen MR) is 77.8 cm³/mol. The van der Waals surface area contributed by atoms with E-state index in [0.717, 1.165) is 17.3 Å². The first kappa shape index (κ1) is 15.2. The van der Waals surface area contributed by atoms with Crippen molar-refractivity contribution >= 4 is 21.9 Å². The van der Waals surface area contributed by atoms with Gasteiger partial charge in [-0.1, -0.05) is 55.0 Å². The van der Waals surface area contributed by atoms with Crippen LogP contribution in [-0.4, -0.2) is 12.6 Å². The lowest BCUT2D eigenvalue weighted by molar-refractivity contribution is 0.0497. The average Bonchev–Trinajstić information content (AvgIpc) is 2.38. The van der Waals surface area contributed by atoms with Crippen molar-refractivity contribution in [3.8, 4) is 0 Å². The molecule has 0 saturated carbocycles. The molecule has 0 aliphatic rings. The third kappa shape index (κ3) is 6.20. The van der Waals surface area contributed by atoms with E-state index in [0.29, 0.717) is 12.2 Å². The topological polar surface area (TPSA) is 26.3 Å². The van der Waals surface area contributed by atoms with Gasteiger partial charge < -0.3 is 4.74 Å². The van der Waals surface area contributed by atoms with E-state index in [1.807, 2.05) is 12.1 Å². The highest BCUT2D eigenvalue weighted by atomic mass is 79.9. The number of carbonyl (C=O) groups is 1. The smallest absolute Gasteiger partial charge is 0.338 e. The molecular formula is C15H21BrO2. The summed E-state index contributed by atoms with van der Waals surface area (Å²) in [4.78, 5) is 11.7. The van der Waals surface area contributed by atoms with Gasteiger partial charge in [-0.3, -0.25) is 0 Å². The van der Waals surface area contributed by atoms with Crippen LogP contribution in [0.4, 0.5) is 0 Å². The SMILES string of the molecule is CCCCCCCCOC(=O)c1ccc(Br)cc1. The van der Waals surface area contributed by atoms with E-state index >= 15 is 0 Å². The van der Waals surface area contributed by atoms with Gasteiger partial charge >= 0.3 is 5.97 Å². The standard InChI is InChI=1S/C15H21BrO2/c1-2-3-4-5-6-7-12-18-15(17)13-8-10-14(16)11-9-13/h8-11H,2-7,12H2,1H3. The highest BCUT2D eigenvalue weighted by Gasteiger charge is 2.05. The van der Waals surface area contributed by atoms with Gasteiger partial charge in [0.25, 0.3) is 0 Å². The molecule has 1 rings (SSSR count). The molecule has 0 radical (unpaired) electrons. The zero-order chi connectivity index (χ0) is 13.2. The molecule has 100 valence electrons. The second-order valence-corrected chi connectivity index (χ2v) is 5.33. The summed E-state index contributed by atoms with van der Waals surface area (Å²) < 4.78 is 6.19. The van der Waals surface area contributed by atoms with Crippen molar-refractivity contribution in [2.75, 3.05) is 6.61 Å². The fourth-order valence-corrected chi connectivity index (χ4v) is 1.98. The summed E-state index contributed by atoms with van der Waals surface area (Å²) in [6, 6.07) is 7.24. The van der Waals surface area contributed by atoms with E-state index in [2.05, 4.69) is 22.9 Å². The summed E-state index contributed by atoms with van der Waals surface area (Å²) in [5.74, 6) is -0.226. The Balaban J connectivity index is 2.12. The lowest BCUT2D eigenvalue weighted by Crippen LogP contribution is -2.06. The number of hydrogen-bond acceptors (Lipinski definition) is 2. The van der Waals surface area contributed by atoms with Crippen molar-refractivity contribution in [2.24, 2.45) is 0 Å². The summed E-state index contributed by atoms with van der Waals surface area (Å²) in [5, 5.41) is 0. The number of hydrogen-bond donors (Lipinski definition) is 0. The van der Waals surface area contributed by atoms with Crippen LogP contribution in [0.2, 0.25) is 0 Å². The molecule has 0 amide bonds. The van der Waals surface area contributed by atoms with Gasteiger partial charge in [0.1, 0.15) is 0 Å². The molecule has 2 nitrogen and oxygen atoms in total. The summed E-state index contributed by atoms with van der Waals surface area (Å²) in [6.45, 7) is 2.74. The van der Waals surface area contributed by atoms with Crippen molar-refractivity contribution in [3.05, 3.63) is 34.3 Å². The second kappa shape index (κ2) is 9.15. The molecule has 1 aromatic carbocycles. The normalized spacial score (nSPS) is 10.3. The number of halogens is 1. The Labute approximate surface area is 118 Å². The van der Waals surface area contributed by atoms with E-state index in [-0.39, 0.29) is 5.97 Å². The summed E-state index contributed by atoms with van der Waals surface area (Å²) in [7, 11) is 0. The molecule has 3 heteroatoms. The molecule has 0 aliphatic carbocycles. The van der Waals surface area contributed by atoms with E-state index in [4.69, 9.17) is 4.74 Å². The van der Waals surface area contributed by atoms with Crippen molar-refractivity contribution in [1.82, 2.24) is 0 Å². The molecule has 0 heterocycles. The fraction of sp³-hybridized carbons (Fsp3) is 0.533. The molecule has 0 spiro atoms. The van der Waals surface area contributed by atoms with Gasteiger partial charge in [0, 0.05) is 4.47 Å². The minimum atomic E-state index is -0.226. The molecule has 1 aromatic rings. The monoisotopic (exact) mass is 312 g/mol. The minimum absolute atomic E-state index is 0.226. The van der Waals surface area contributed by atoms with Gasteiger partial charge in [-0.25, -0.2) is 4.79 Å². The largest absolute Gasteiger partial charge is 0.462 e. The number of unbranched alkanes of at least 4 members (excludes halogenated alkanes) is 5. The fourth-order valence-electron chi connectivity index (χ4n) is 1.72. The van der Waals surface area contributed by atoms with Crippen LogP contribution < -0.4 is 0 Å². The maximum Gasteiger partial charge on any atom is 0.338 e. The Morgan fingerprint density at radius 3 is 2.33 bits per heavy atom. The molecule has 0 atom stereocenters. The van der Waals surface area contributed by atoms with E-state index in [9.17, 15) is 4.79 Å². The second-order valence-electron chi connectivity index (χ2n) is 4.41. The van der Waals surface area contributed by atoms with Gasteiger partial charge in [-0.05, 0) is 30.7 Å². The lowest BCUT2D eigenvalue weighted by Gasteiger charge is -2.05. The maximum atomic E-state index is 11.7. The highest BCUT2D eigenvalue weighted by Crippen LogP contribution is 2.11. The molecule has 0 N–H and O–H groups in total. The van der Waals surface area contributed by atoms with Crippen molar-refractivity contribution in [1.29, 1.82) is 0 Å². The van der Waals surface area contributed by atoms with Gasteiger partial charge in [0.2, 0.25) is 0 Å². The maximum absolute atomic E-state index is 11.7. The number of benzene rings is 1. The van der Waals surface area contributed by atoms with Crippen LogP contribution in [0.15, 0.2) is 28.7 Å². The van der Waals surface area contributed by atoms with E-state index < -0.39 is 0 Å². The molecular weight excluding hydrogens is 292 g/mol. The van der Waals surface area contributed by atoms with Crippen LogP contribution in [0.1, 0.15) is 55.8 Å². The van der Waals surface area contributed by atoms with Gasteiger partial charge in [-0.2, -0.15) is 0 Å². The third-order valence-corrected chi connectivity index (χ3v) is 3.34. The van der Waals surface area contributed by atoms with Crippen LogP contribution in [0.3, 0.4) is 0 Å². The van der Waals surface area contributed by atoms with Crippen LogP contribution in [0.5, 0.6) is 0 Å². The number of rotatable bonds is 8. The number of carbonyl (C=O) groups excluding carboxylic acids is 1. The number of esters is 1.